The van der Waals surface area contributed by atoms with Crippen molar-refractivity contribution in [1.82, 2.24) is 5.48 Å². The van der Waals surface area contributed by atoms with Crippen LogP contribution in [0.5, 0.6) is 0 Å². The van der Waals surface area contributed by atoms with E-state index >= 15 is 0 Å². The van der Waals surface area contributed by atoms with Crippen LogP contribution in [-0.2, 0) is 4.84 Å². The fourth-order valence-corrected chi connectivity index (χ4v) is 2.74. The number of rotatable bonds is 4. The van der Waals surface area contributed by atoms with Crippen LogP contribution in [0, 0.1) is 0 Å². The average Bonchev–Trinajstić information content (AvgIpc) is 2.75. The Hall–Kier alpha value is -2.14. The number of aliphatic imine (C=N–C) groups is 2. The number of fused-ring (bicyclic) bond motifs is 1. The zero-order chi connectivity index (χ0) is 16.9. The predicted octanol–water partition coefficient (Wildman–Crippen LogP) is 4.58. The van der Waals surface area contributed by atoms with Crippen LogP contribution in [-0.4, -0.2) is 24.7 Å². The Labute approximate surface area is 150 Å². The topological polar surface area (TPSA) is 46.0 Å². The number of hydroxylamine groups is 1. The molecule has 0 saturated heterocycles. The molecule has 1 aliphatic rings. The van der Waals surface area contributed by atoms with Crippen LogP contribution in [0.25, 0.3) is 0 Å². The zero-order valence-electron chi connectivity index (χ0n) is 12.8. The number of benzene rings is 2. The third kappa shape index (κ3) is 3.67. The highest BCUT2D eigenvalue weighted by molar-refractivity contribution is 6.36. The van der Waals surface area contributed by atoms with E-state index in [1.807, 2.05) is 36.4 Å². The van der Waals surface area contributed by atoms with Gasteiger partial charge in [-0.3, -0.25) is 15.3 Å². The van der Waals surface area contributed by atoms with E-state index in [1.54, 1.807) is 12.1 Å². The second kappa shape index (κ2) is 7.62. The summed E-state index contributed by atoms with van der Waals surface area (Å²) in [5.41, 5.74) is 5.98. The van der Waals surface area contributed by atoms with Crippen molar-refractivity contribution in [2.24, 2.45) is 9.98 Å². The number of amidine groups is 1. The minimum atomic E-state index is 0.337. The van der Waals surface area contributed by atoms with Crippen molar-refractivity contribution in [1.29, 1.82) is 0 Å². The number of halogens is 2. The highest BCUT2D eigenvalue weighted by Crippen LogP contribution is 2.30. The monoisotopic (exact) mass is 359 g/mol. The number of nitrogens with zero attached hydrogens (tertiary/aromatic N) is 2. The molecule has 4 nitrogen and oxygen atoms in total. The molecule has 0 aromatic heterocycles. The first kappa shape index (κ1) is 16.7. The molecule has 0 saturated carbocycles. The molecule has 6 heteroatoms. The maximum Gasteiger partial charge on any atom is 0.148 e. The van der Waals surface area contributed by atoms with Crippen LogP contribution in [0.2, 0.25) is 10.0 Å². The van der Waals surface area contributed by atoms with Crippen LogP contribution in [0.15, 0.2) is 65.1 Å². The molecule has 0 spiro atoms. The Kier molecular flexibility index (Phi) is 5.30. The van der Waals surface area contributed by atoms with Crippen molar-refractivity contribution < 1.29 is 4.84 Å². The molecular formula is C18H15Cl2N3O. The summed E-state index contributed by atoms with van der Waals surface area (Å²) in [6.45, 7) is 4.31. The van der Waals surface area contributed by atoms with Gasteiger partial charge < -0.3 is 0 Å². The first-order valence-electron chi connectivity index (χ1n) is 7.34. The van der Waals surface area contributed by atoms with Crippen molar-refractivity contribution in [2.45, 2.75) is 0 Å². The summed E-state index contributed by atoms with van der Waals surface area (Å²) < 4.78 is 0. The summed E-state index contributed by atoms with van der Waals surface area (Å²) >= 11 is 12.5. The van der Waals surface area contributed by atoms with Gasteiger partial charge in [0.15, 0.2) is 0 Å². The van der Waals surface area contributed by atoms with E-state index in [-0.39, 0.29) is 0 Å². The van der Waals surface area contributed by atoms with Gasteiger partial charge in [0.25, 0.3) is 0 Å². The lowest BCUT2D eigenvalue weighted by Crippen LogP contribution is -2.26. The molecule has 0 atom stereocenters. The van der Waals surface area contributed by atoms with Crippen LogP contribution in [0.1, 0.15) is 11.1 Å². The molecule has 1 heterocycles. The minimum absolute atomic E-state index is 0.337. The molecule has 2 aromatic rings. The SMILES string of the molecule is C=CCONC1=Nc2ccc(Cl)cc2C(c2ccccc2Cl)=NC1. The Morgan fingerprint density at radius 2 is 2.00 bits per heavy atom. The second-order valence-electron chi connectivity index (χ2n) is 5.07. The Morgan fingerprint density at radius 1 is 1.17 bits per heavy atom. The summed E-state index contributed by atoms with van der Waals surface area (Å²) in [6.07, 6.45) is 1.65. The van der Waals surface area contributed by atoms with Crippen LogP contribution in [0.3, 0.4) is 0 Å². The molecule has 0 bridgehead atoms. The van der Waals surface area contributed by atoms with Gasteiger partial charge >= 0.3 is 0 Å². The van der Waals surface area contributed by atoms with E-state index < -0.39 is 0 Å². The first-order valence-corrected chi connectivity index (χ1v) is 8.10. The van der Waals surface area contributed by atoms with Gasteiger partial charge in [-0.05, 0) is 24.3 Å². The van der Waals surface area contributed by atoms with Gasteiger partial charge in [0.2, 0.25) is 0 Å². The lowest BCUT2D eigenvalue weighted by molar-refractivity contribution is 0.110. The Balaban J connectivity index is 2.05. The zero-order valence-corrected chi connectivity index (χ0v) is 14.3. The third-order valence-electron chi connectivity index (χ3n) is 3.38. The van der Waals surface area contributed by atoms with E-state index in [0.717, 1.165) is 22.5 Å². The maximum absolute atomic E-state index is 6.35. The average molecular weight is 360 g/mol. The van der Waals surface area contributed by atoms with Crippen molar-refractivity contribution in [3.63, 3.8) is 0 Å². The molecule has 0 amide bonds. The molecule has 0 radical (unpaired) electrons. The van der Waals surface area contributed by atoms with Crippen LogP contribution < -0.4 is 5.48 Å². The quantitative estimate of drug-likeness (QED) is 0.493. The lowest BCUT2D eigenvalue weighted by atomic mass is 10.0. The van der Waals surface area contributed by atoms with Crippen LogP contribution >= 0.6 is 23.2 Å². The van der Waals surface area contributed by atoms with Gasteiger partial charge in [-0.2, -0.15) is 0 Å². The fourth-order valence-electron chi connectivity index (χ4n) is 2.34. The highest BCUT2D eigenvalue weighted by atomic mass is 35.5. The van der Waals surface area contributed by atoms with Crippen molar-refractivity contribution >= 4 is 40.4 Å². The molecule has 0 aliphatic carbocycles. The first-order chi connectivity index (χ1) is 11.7. The normalized spacial score (nSPS) is 13.4. The Morgan fingerprint density at radius 3 is 2.79 bits per heavy atom. The van der Waals surface area contributed by atoms with E-state index in [1.165, 1.54) is 0 Å². The van der Waals surface area contributed by atoms with Gasteiger partial charge in [0.05, 0.1) is 24.6 Å². The molecule has 0 fully saturated rings. The summed E-state index contributed by atoms with van der Waals surface area (Å²) in [4.78, 5) is 14.5. The standard InChI is InChI=1S/C18H15Cl2N3O/c1-2-9-24-23-17-11-21-18(13-5-3-4-6-15(13)20)14-10-12(19)7-8-16(14)22-17/h2-8,10H,1,9,11H2,(H,22,23). The summed E-state index contributed by atoms with van der Waals surface area (Å²) in [6, 6.07) is 13.1. The molecule has 0 unspecified atom stereocenters. The summed E-state index contributed by atoms with van der Waals surface area (Å²) in [7, 11) is 0. The molecule has 2 aromatic carbocycles. The smallest absolute Gasteiger partial charge is 0.148 e. The van der Waals surface area contributed by atoms with Gasteiger partial charge in [-0.25, -0.2) is 4.99 Å². The summed E-state index contributed by atoms with van der Waals surface area (Å²) in [5.74, 6) is 0.600. The highest BCUT2D eigenvalue weighted by Gasteiger charge is 2.18. The van der Waals surface area contributed by atoms with Gasteiger partial charge in [0.1, 0.15) is 5.84 Å². The second-order valence-corrected chi connectivity index (χ2v) is 5.91. The predicted molar refractivity (Wildman–Crippen MR) is 99.8 cm³/mol. The molecular weight excluding hydrogens is 345 g/mol. The van der Waals surface area contributed by atoms with E-state index in [9.17, 15) is 0 Å². The molecule has 24 heavy (non-hydrogen) atoms. The van der Waals surface area contributed by atoms with Gasteiger partial charge in [0, 0.05) is 21.2 Å². The Bertz CT molecular complexity index is 831. The van der Waals surface area contributed by atoms with Crippen molar-refractivity contribution in [3.05, 3.63) is 76.3 Å². The van der Waals surface area contributed by atoms with Gasteiger partial charge in [-0.15, -0.1) is 6.58 Å². The van der Waals surface area contributed by atoms with Crippen molar-refractivity contribution in [3.8, 4) is 0 Å². The van der Waals surface area contributed by atoms with Crippen molar-refractivity contribution in [2.75, 3.05) is 13.2 Å². The number of hydrogen-bond donors (Lipinski definition) is 1. The van der Waals surface area contributed by atoms with Gasteiger partial charge in [-0.1, -0.05) is 47.5 Å². The van der Waals surface area contributed by atoms with E-state index in [0.29, 0.717) is 29.0 Å². The molecule has 1 N–H and O–H groups in total. The minimum Gasteiger partial charge on any atom is -0.276 e. The summed E-state index contributed by atoms with van der Waals surface area (Å²) in [5, 5.41) is 1.24. The van der Waals surface area contributed by atoms with E-state index in [2.05, 4.69) is 22.0 Å². The number of nitrogens with one attached hydrogen (secondary N) is 1. The maximum atomic E-state index is 6.35. The third-order valence-corrected chi connectivity index (χ3v) is 3.94. The lowest BCUT2D eigenvalue weighted by Gasteiger charge is -2.10. The fraction of sp³-hybridized carbons (Fsp3) is 0.111. The van der Waals surface area contributed by atoms with Crippen LogP contribution in [0.4, 0.5) is 5.69 Å². The molecule has 1 aliphatic heterocycles. The molecule has 122 valence electrons. The van der Waals surface area contributed by atoms with E-state index in [4.69, 9.17) is 28.0 Å². The number of hydrogen-bond acceptors (Lipinski definition) is 4. The largest absolute Gasteiger partial charge is 0.276 e. The molecule has 3 rings (SSSR count).